The van der Waals surface area contributed by atoms with Gasteiger partial charge in [-0.2, -0.15) is 5.26 Å². The summed E-state index contributed by atoms with van der Waals surface area (Å²) in [6, 6.07) is 1.39. The van der Waals surface area contributed by atoms with E-state index in [1.807, 2.05) is 11.0 Å². The van der Waals surface area contributed by atoms with E-state index in [0.717, 1.165) is 0 Å². The Labute approximate surface area is 123 Å². The van der Waals surface area contributed by atoms with Gasteiger partial charge in [0.1, 0.15) is 6.04 Å². The monoisotopic (exact) mass is 296 g/mol. The third-order valence-electron chi connectivity index (χ3n) is 3.97. The summed E-state index contributed by atoms with van der Waals surface area (Å²) in [5.74, 6) is -0.847. The Balaban J connectivity index is 1.86. The quantitative estimate of drug-likeness (QED) is 0.732. The smallest absolute Gasteiger partial charge is 0.320 e. The number of rotatable bonds is 2. The van der Waals surface area contributed by atoms with Crippen molar-refractivity contribution < 1.29 is 19.4 Å². The molecule has 2 unspecified atom stereocenters. The number of nitrogens with zero attached hydrogens (tertiary/aromatic N) is 4. The molecule has 0 aliphatic carbocycles. The Kier molecular flexibility index (Phi) is 4.98. The number of hydrogen-bond donors (Lipinski definition) is 1. The molecule has 21 heavy (non-hydrogen) atoms. The molecule has 0 aromatic carbocycles. The fraction of sp³-hybridized carbons (Fsp3) is 0.769. The van der Waals surface area contributed by atoms with Crippen LogP contribution in [-0.4, -0.2) is 89.8 Å². The number of carboxylic acids is 1. The van der Waals surface area contributed by atoms with Crippen molar-refractivity contribution in [1.82, 2.24) is 14.7 Å². The first-order valence-corrected chi connectivity index (χ1v) is 7.05. The van der Waals surface area contributed by atoms with Crippen molar-refractivity contribution >= 4 is 12.0 Å². The van der Waals surface area contributed by atoms with Gasteiger partial charge < -0.3 is 19.6 Å². The summed E-state index contributed by atoms with van der Waals surface area (Å²) in [6.07, 6.45) is -0.559. The number of hydrogen-bond acceptors (Lipinski definition) is 5. The van der Waals surface area contributed by atoms with Crippen molar-refractivity contribution in [3.63, 3.8) is 0 Å². The second kappa shape index (κ2) is 6.74. The van der Waals surface area contributed by atoms with Gasteiger partial charge in [-0.1, -0.05) is 0 Å². The number of carboxylic acid groups (broad SMARTS) is 1. The van der Waals surface area contributed by atoms with E-state index in [0.29, 0.717) is 45.9 Å². The van der Waals surface area contributed by atoms with Gasteiger partial charge in [0.25, 0.3) is 0 Å². The van der Waals surface area contributed by atoms with Crippen molar-refractivity contribution in [2.75, 3.05) is 45.9 Å². The third kappa shape index (κ3) is 3.62. The Morgan fingerprint density at radius 3 is 2.48 bits per heavy atom. The highest BCUT2D eigenvalue weighted by molar-refractivity contribution is 5.75. The Hall–Kier alpha value is -1.85. The van der Waals surface area contributed by atoms with Gasteiger partial charge >= 0.3 is 12.0 Å². The first-order valence-electron chi connectivity index (χ1n) is 7.05. The molecule has 116 valence electrons. The standard InChI is InChI=1S/C13H20N4O4/c1-10(12(18)19)15-2-4-16(5-3-15)13(20)17-6-7-21-11(8-14)9-17/h10-11H,2-7,9H2,1H3,(H,18,19). The van der Waals surface area contributed by atoms with Crippen LogP contribution in [0.1, 0.15) is 6.92 Å². The number of ether oxygens (including phenoxy) is 1. The molecule has 0 aromatic rings. The van der Waals surface area contributed by atoms with Gasteiger partial charge in [0.2, 0.25) is 0 Å². The number of aliphatic carboxylic acids is 1. The molecule has 2 fully saturated rings. The molecule has 8 heteroatoms. The minimum absolute atomic E-state index is 0.0961. The normalized spacial score (nSPS) is 25.2. The predicted octanol–water partition coefficient (Wildman–Crippen LogP) is -0.579. The van der Waals surface area contributed by atoms with Gasteiger partial charge in [-0.25, -0.2) is 4.79 Å². The van der Waals surface area contributed by atoms with Crippen LogP contribution in [0.2, 0.25) is 0 Å². The molecule has 2 amide bonds. The number of carbonyl (C=O) groups excluding carboxylic acids is 1. The topological polar surface area (TPSA) is 97.1 Å². The molecule has 2 aliphatic rings. The fourth-order valence-electron chi connectivity index (χ4n) is 2.56. The molecule has 0 radical (unpaired) electrons. The predicted molar refractivity (Wildman–Crippen MR) is 72.6 cm³/mol. The fourth-order valence-corrected chi connectivity index (χ4v) is 2.56. The first kappa shape index (κ1) is 15.5. The van der Waals surface area contributed by atoms with Crippen LogP contribution in [0.25, 0.3) is 0 Å². The van der Waals surface area contributed by atoms with Crippen molar-refractivity contribution in [3.05, 3.63) is 0 Å². The van der Waals surface area contributed by atoms with Crippen molar-refractivity contribution in [1.29, 1.82) is 5.26 Å². The van der Waals surface area contributed by atoms with E-state index >= 15 is 0 Å². The molecule has 2 rings (SSSR count). The largest absolute Gasteiger partial charge is 0.480 e. The van der Waals surface area contributed by atoms with Crippen LogP contribution in [0, 0.1) is 11.3 Å². The number of piperazine rings is 1. The van der Waals surface area contributed by atoms with Crippen molar-refractivity contribution in [2.45, 2.75) is 19.1 Å². The van der Waals surface area contributed by atoms with Crippen LogP contribution >= 0.6 is 0 Å². The number of amides is 2. The van der Waals surface area contributed by atoms with E-state index in [2.05, 4.69) is 0 Å². The lowest BCUT2D eigenvalue weighted by molar-refractivity contribution is -0.143. The molecular weight excluding hydrogens is 276 g/mol. The van der Waals surface area contributed by atoms with E-state index in [9.17, 15) is 9.59 Å². The average molecular weight is 296 g/mol. The number of nitriles is 1. The van der Waals surface area contributed by atoms with E-state index in [1.165, 1.54) is 0 Å². The Morgan fingerprint density at radius 1 is 1.24 bits per heavy atom. The SMILES string of the molecule is CC(C(=O)O)N1CCN(C(=O)N2CCOC(C#N)C2)CC1. The van der Waals surface area contributed by atoms with Crippen molar-refractivity contribution in [3.8, 4) is 6.07 Å². The number of morpholine rings is 1. The van der Waals surface area contributed by atoms with Crippen LogP contribution < -0.4 is 0 Å². The van der Waals surface area contributed by atoms with Crippen molar-refractivity contribution in [2.24, 2.45) is 0 Å². The summed E-state index contributed by atoms with van der Waals surface area (Å²) in [6.45, 7) is 4.91. The summed E-state index contributed by atoms with van der Waals surface area (Å²) in [5.41, 5.74) is 0. The lowest BCUT2D eigenvalue weighted by Crippen LogP contribution is -2.57. The second-order valence-corrected chi connectivity index (χ2v) is 5.25. The van der Waals surface area contributed by atoms with Crippen LogP contribution in [-0.2, 0) is 9.53 Å². The van der Waals surface area contributed by atoms with Crippen LogP contribution in [0.5, 0.6) is 0 Å². The molecule has 0 saturated carbocycles. The zero-order valence-corrected chi connectivity index (χ0v) is 12.1. The maximum Gasteiger partial charge on any atom is 0.320 e. The summed E-state index contributed by atoms with van der Waals surface area (Å²) < 4.78 is 5.22. The van der Waals surface area contributed by atoms with Gasteiger partial charge in [0.05, 0.1) is 19.2 Å². The lowest BCUT2D eigenvalue weighted by Gasteiger charge is -2.40. The molecule has 2 atom stereocenters. The van der Waals surface area contributed by atoms with Gasteiger partial charge in [0.15, 0.2) is 6.10 Å². The summed E-state index contributed by atoms with van der Waals surface area (Å²) in [4.78, 5) is 28.5. The number of urea groups is 1. The molecule has 2 saturated heterocycles. The van der Waals surface area contributed by atoms with E-state index < -0.39 is 18.1 Å². The molecule has 2 aliphatic heterocycles. The van der Waals surface area contributed by atoms with E-state index in [1.54, 1.807) is 16.7 Å². The Bertz CT molecular complexity index is 442. The molecule has 2 heterocycles. The third-order valence-corrected chi connectivity index (χ3v) is 3.97. The van der Waals surface area contributed by atoms with Crippen LogP contribution in [0.15, 0.2) is 0 Å². The molecule has 8 nitrogen and oxygen atoms in total. The van der Waals surface area contributed by atoms with Gasteiger partial charge in [0, 0.05) is 32.7 Å². The minimum Gasteiger partial charge on any atom is -0.480 e. The first-order chi connectivity index (χ1) is 10.0. The average Bonchev–Trinajstić information content (AvgIpc) is 2.53. The van der Waals surface area contributed by atoms with E-state index in [4.69, 9.17) is 15.1 Å². The molecule has 1 N–H and O–H groups in total. The maximum absolute atomic E-state index is 12.4. The van der Waals surface area contributed by atoms with Crippen LogP contribution in [0.3, 0.4) is 0 Å². The highest BCUT2D eigenvalue weighted by Gasteiger charge is 2.31. The Morgan fingerprint density at radius 2 is 1.90 bits per heavy atom. The van der Waals surface area contributed by atoms with Gasteiger partial charge in [-0.05, 0) is 6.92 Å². The second-order valence-electron chi connectivity index (χ2n) is 5.25. The maximum atomic E-state index is 12.4. The van der Waals surface area contributed by atoms with Crippen LogP contribution in [0.4, 0.5) is 4.79 Å². The number of carbonyl (C=O) groups is 2. The zero-order valence-electron chi connectivity index (χ0n) is 12.1. The summed E-state index contributed by atoms with van der Waals surface area (Å²) >= 11 is 0. The lowest BCUT2D eigenvalue weighted by atomic mass is 10.2. The molecule has 0 bridgehead atoms. The summed E-state index contributed by atoms with van der Waals surface area (Å²) in [7, 11) is 0. The minimum atomic E-state index is -0.847. The van der Waals surface area contributed by atoms with E-state index in [-0.39, 0.29) is 6.03 Å². The van der Waals surface area contributed by atoms with Gasteiger partial charge in [-0.15, -0.1) is 0 Å². The molecule has 0 aromatic heterocycles. The van der Waals surface area contributed by atoms with Gasteiger partial charge in [-0.3, -0.25) is 9.69 Å². The molecular formula is C13H20N4O4. The highest BCUT2D eigenvalue weighted by Crippen LogP contribution is 2.12. The zero-order chi connectivity index (χ0) is 15.4. The molecule has 0 spiro atoms. The highest BCUT2D eigenvalue weighted by atomic mass is 16.5. The summed E-state index contributed by atoms with van der Waals surface area (Å²) in [5, 5.41) is 17.9.